The van der Waals surface area contributed by atoms with E-state index in [1.54, 1.807) is 0 Å². The molecule has 0 unspecified atom stereocenters. The van der Waals surface area contributed by atoms with E-state index in [9.17, 15) is 14.2 Å². The second kappa shape index (κ2) is 4.44. The van der Waals surface area contributed by atoms with Gasteiger partial charge in [0.25, 0.3) is 0 Å². The van der Waals surface area contributed by atoms with E-state index in [2.05, 4.69) is 4.52 Å². The van der Waals surface area contributed by atoms with Crippen molar-refractivity contribution in [2.24, 2.45) is 5.73 Å². The lowest BCUT2D eigenvalue weighted by atomic mass is 10.1. The molecule has 1 aromatic carbocycles. The number of hydrogen-bond donors (Lipinski definition) is 3. The number of benzene rings is 1. The van der Waals surface area contributed by atoms with Gasteiger partial charge in [0.15, 0.2) is 0 Å². The fourth-order valence-corrected chi connectivity index (χ4v) is 1.35. The number of nitrogens with two attached hydrogens (primary N) is 1. The van der Waals surface area contributed by atoms with Crippen LogP contribution in [-0.4, -0.2) is 21.7 Å². The smallest absolute Gasteiger partial charge is 0.367 e. The van der Waals surface area contributed by atoms with Gasteiger partial charge in [0.2, 0.25) is 5.91 Å². The molecule has 1 rings (SSSR count). The summed E-state index contributed by atoms with van der Waals surface area (Å²) in [6.45, 7) is 0. The second-order valence-electron chi connectivity index (χ2n) is 2.78. The molecule has 0 heterocycles. The lowest BCUT2D eigenvalue weighted by Gasteiger charge is -2.07. The molecule has 0 bridgehead atoms. The van der Waals surface area contributed by atoms with Crippen LogP contribution in [0.15, 0.2) is 24.3 Å². The lowest BCUT2D eigenvalue weighted by Crippen LogP contribution is -2.17. The van der Waals surface area contributed by atoms with Crippen molar-refractivity contribution in [2.75, 3.05) is 0 Å². The monoisotopic (exact) mass is 245 g/mol. The Hall–Kier alpha value is -1.69. The normalized spacial score (nSPS) is 10.9. The fourth-order valence-electron chi connectivity index (χ4n) is 1.03. The second-order valence-corrected chi connectivity index (χ2v) is 3.94. The summed E-state index contributed by atoms with van der Waals surface area (Å²) in [4.78, 5) is 39.0. The van der Waals surface area contributed by atoms with Crippen LogP contribution in [0.5, 0.6) is 0 Å². The van der Waals surface area contributed by atoms with E-state index >= 15 is 0 Å². The zero-order valence-electron chi connectivity index (χ0n) is 7.86. The van der Waals surface area contributed by atoms with Crippen LogP contribution in [-0.2, 0) is 9.09 Å². The maximum Gasteiger partial charge on any atom is 0.527 e. The predicted molar refractivity (Wildman–Crippen MR) is 52.4 cm³/mol. The third kappa shape index (κ3) is 3.16. The fraction of sp³-hybridized carbons (Fsp3) is 0. The zero-order valence-corrected chi connectivity index (χ0v) is 8.76. The number of amides is 1. The molecule has 0 radical (unpaired) electrons. The highest BCUT2D eigenvalue weighted by molar-refractivity contribution is 7.46. The number of phosphoric ester groups is 1. The molecular weight excluding hydrogens is 237 g/mol. The van der Waals surface area contributed by atoms with Gasteiger partial charge in [-0.15, -0.1) is 0 Å². The minimum absolute atomic E-state index is 0.166. The van der Waals surface area contributed by atoms with Crippen molar-refractivity contribution in [1.29, 1.82) is 0 Å². The Morgan fingerprint density at radius 2 is 1.69 bits per heavy atom. The quantitative estimate of drug-likeness (QED) is 0.645. The van der Waals surface area contributed by atoms with Crippen molar-refractivity contribution >= 4 is 19.7 Å². The van der Waals surface area contributed by atoms with Crippen LogP contribution < -0.4 is 5.73 Å². The highest BCUT2D eigenvalue weighted by Gasteiger charge is 2.24. The van der Waals surface area contributed by atoms with E-state index in [0.29, 0.717) is 0 Å². The molecular formula is C8H8NO6P. The van der Waals surface area contributed by atoms with Gasteiger partial charge < -0.3 is 10.3 Å². The number of primary amides is 1. The summed E-state index contributed by atoms with van der Waals surface area (Å²) >= 11 is 0. The van der Waals surface area contributed by atoms with Gasteiger partial charge in [0, 0.05) is 0 Å². The van der Waals surface area contributed by atoms with Crippen molar-refractivity contribution in [2.45, 2.75) is 0 Å². The van der Waals surface area contributed by atoms with Crippen molar-refractivity contribution in [3.05, 3.63) is 35.4 Å². The van der Waals surface area contributed by atoms with Crippen LogP contribution in [0.25, 0.3) is 0 Å². The summed E-state index contributed by atoms with van der Waals surface area (Å²) in [6, 6.07) is 5.29. The molecule has 1 aromatic rings. The van der Waals surface area contributed by atoms with Crippen LogP contribution in [0.2, 0.25) is 0 Å². The molecule has 0 aliphatic heterocycles. The van der Waals surface area contributed by atoms with Crippen LogP contribution in [0, 0.1) is 0 Å². The highest BCUT2D eigenvalue weighted by atomic mass is 31.2. The van der Waals surface area contributed by atoms with E-state index in [1.165, 1.54) is 24.3 Å². The first-order valence-corrected chi connectivity index (χ1v) is 5.52. The maximum absolute atomic E-state index is 11.3. The molecule has 0 atom stereocenters. The Balaban J connectivity index is 3.09. The molecule has 4 N–H and O–H groups in total. The summed E-state index contributed by atoms with van der Waals surface area (Å²) in [6.07, 6.45) is 0. The molecule has 8 heteroatoms. The molecule has 0 saturated heterocycles. The highest BCUT2D eigenvalue weighted by Crippen LogP contribution is 2.37. The van der Waals surface area contributed by atoms with Gasteiger partial charge >= 0.3 is 13.8 Å². The van der Waals surface area contributed by atoms with Crippen LogP contribution in [0.4, 0.5) is 0 Å². The average molecular weight is 245 g/mol. The van der Waals surface area contributed by atoms with Gasteiger partial charge in [0.1, 0.15) is 0 Å². The Labute approximate surface area is 90.1 Å². The summed E-state index contributed by atoms with van der Waals surface area (Å²) in [7, 11) is -4.94. The minimum Gasteiger partial charge on any atom is -0.367 e. The minimum atomic E-state index is -4.94. The summed E-state index contributed by atoms with van der Waals surface area (Å²) in [5, 5.41) is 0. The number of phosphoric acid groups is 1. The summed E-state index contributed by atoms with van der Waals surface area (Å²) in [5.41, 5.74) is 4.52. The van der Waals surface area contributed by atoms with E-state index in [0.717, 1.165) is 0 Å². The van der Waals surface area contributed by atoms with Crippen molar-refractivity contribution in [1.82, 2.24) is 0 Å². The van der Waals surface area contributed by atoms with Crippen molar-refractivity contribution in [3.8, 4) is 0 Å². The largest absolute Gasteiger partial charge is 0.527 e. The zero-order chi connectivity index (χ0) is 12.3. The SMILES string of the molecule is NC(=O)c1ccccc1C(=O)OP(=O)(O)O. The number of carbonyl (C=O) groups is 2. The van der Waals surface area contributed by atoms with Crippen molar-refractivity contribution in [3.63, 3.8) is 0 Å². The first-order valence-electron chi connectivity index (χ1n) is 3.99. The Morgan fingerprint density at radius 3 is 2.12 bits per heavy atom. The third-order valence-electron chi connectivity index (χ3n) is 1.61. The molecule has 0 aliphatic rings. The molecule has 0 saturated carbocycles. The van der Waals surface area contributed by atoms with Gasteiger partial charge in [-0.2, -0.15) is 0 Å². The average Bonchev–Trinajstić information content (AvgIpc) is 2.15. The van der Waals surface area contributed by atoms with Gasteiger partial charge in [-0.3, -0.25) is 14.6 Å². The van der Waals surface area contributed by atoms with Crippen LogP contribution in [0.1, 0.15) is 20.7 Å². The standard InChI is InChI=1S/C8H8NO6P/c9-7(10)5-3-1-2-4-6(5)8(11)15-16(12,13)14/h1-4H,(H2,9,10)(H2,12,13,14). The number of carbonyl (C=O) groups excluding carboxylic acids is 2. The molecule has 0 aromatic heterocycles. The van der Waals surface area contributed by atoms with E-state index < -0.39 is 19.7 Å². The number of rotatable bonds is 3. The van der Waals surface area contributed by atoms with E-state index in [1.807, 2.05) is 0 Å². The van der Waals surface area contributed by atoms with Crippen LogP contribution in [0.3, 0.4) is 0 Å². The van der Waals surface area contributed by atoms with Gasteiger partial charge in [0.05, 0.1) is 11.1 Å². The number of hydrogen-bond acceptors (Lipinski definition) is 4. The topological polar surface area (TPSA) is 127 Å². The molecule has 1 amide bonds. The molecule has 16 heavy (non-hydrogen) atoms. The third-order valence-corrected chi connectivity index (χ3v) is 2.02. The van der Waals surface area contributed by atoms with Gasteiger partial charge in [-0.05, 0) is 12.1 Å². The maximum atomic E-state index is 11.3. The first-order chi connectivity index (χ1) is 7.31. The Morgan fingerprint density at radius 1 is 1.19 bits per heavy atom. The van der Waals surface area contributed by atoms with E-state index in [-0.39, 0.29) is 11.1 Å². The Kier molecular flexibility index (Phi) is 3.44. The van der Waals surface area contributed by atoms with Gasteiger partial charge in [-0.1, -0.05) is 12.1 Å². The predicted octanol–water partition coefficient (Wildman–Crippen LogP) is 0.0350. The Bertz CT molecular complexity index is 479. The lowest BCUT2D eigenvalue weighted by molar-refractivity contribution is 0.0673. The molecule has 0 spiro atoms. The summed E-state index contributed by atoms with van der Waals surface area (Å²) in [5.74, 6) is -2.19. The molecule has 0 aliphatic carbocycles. The van der Waals surface area contributed by atoms with Crippen molar-refractivity contribution < 1.29 is 28.5 Å². The molecule has 86 valence electrons. The van der Waals surface area contributed by atoms with Crippen LogP contribution >= 0.6 is 7.82 Å². The summed E-state index contributed by atoms with van der Waals surface area (Å²) < 4.78 is 14.3. The van der Waals surface area contributed by atoms with E-state index in [4.69, 9.17) is 15.5 Å². The first kappa shape index (κ1) is 12.4. The molecule has 0 fully saturated rings. The molecule has 7 nitrogen and oxygen atoms in total. The van der Waals surface area contributed by atoms with Gasteiger partial charge in [-0.25, -0.2) is 9.36 Å².